The van der Waals surface area contributed by atoms with E-state index < -0.39 is 11.7 Å². The van der Waals surface area contributed by atoms with E-state index in [-0.39, 0.29) is 11.8 Å². The van der Waals surface area contributed by atoms with Crippen LogP contribution in [0.1, 0.15) is 37.7 Å². The third-order valence-electron chi connectivity index (χ3n) is 8.71. The maximum absolute atomic E-state index is 12.9. The Morgan fingerprint density at radius 2 is 1.78 bits per heavy atom. The molecule has 11 nitrogen and oxygen atoms in total. The van der Waals surface area contributed by atoms with Crippen LogP contribution in [0.5, 0.6) is 0 Å². The van der Waals surface area contributed by atoms with Gasteiger partial charge in [0.05, 0.1) is 11.3 Å². The van der Waals surface area contributed by atoms with Crippen LogP contribution in [0.25, 0.3) is 39.5 Å². The number of primary amides is 1. The van der Waals surface area contributed by atoms with Gasteiger partial charge in [-0.15, -0.1) is 0 Å². The van der Waals surface area contributed by atoms with Gasteiger partial charge in [0, 0.05) is 42.3 Å². The van der Waals surface area contributed by atoms with Crippen molar-refractivity contribution in [1.29, 1.82) is 0 Å². The fourth-order valence-corrected chi connectivity index (χ4v) is 6.16. The van der Waals surface area contributed by atoms with Gasteiger partial charge in [-0.3, -0.25) is 9.36 Å². The number of amides is 2. The van der Waals surface area contributed by atoms with Gasteiger partial charge in [0.25, 0.3) is 0 Å². The minimum atomic E-state index is -0.780. The van der Waals surface area contributed by atoms with Crippen LogP contribution in [0, 0.1) is 5.92 Å². The molecule has 4 heterocycles. The zero-order valence-corrected chi connectivity index (χ0v) is 24.6. The average molecular weight is 604 g/mol. The first-order valence-electron chi connectivity index (χ1n) is 15.1. The molecule has 1 saturated carbocycles. The van der Waals surface area contributed by atoms with E-state index in [0.717, 1.165) is 54.6 Å². The lowest BCUT2D eigenvalue weighted by atomic mass is 9.75. The summed E-state index contributed by atoms with van der Waals surface area (Å²) in [6, 6.07) is 23.0. The van der Waals surface area contributed by atoms with Gasteiger partial charge < -0.3 is 26.3 Å². The van der Waals surface area contributed by atoms with Gasteiger partial charge in [-0.2, -0.15) is 0 Å². The number of fused-ring (bicyclic) bond motifs is 1. The number of rotatable bonds is 7. The molecule has 1 aliphatic heterocycles. The molecule has 2 fully saturated rings. The van der Waals surface area contributed by atoms with Crippen molar-refractivity contribution in [2.24, 2.45) is 11.7 Å². The Kier molecular flexibility index (Phi) is 7.38. The lowest BCUT2D eigenvalue weighted by molar-refractivity contribution is -0.122. The van der Waals surface area contributed by atoms with Crippen LogP contribution in [0.4, 0.5) is 16.3 Å². The normalized spacial score (nSPS) is 16.2. The first-order valence-corrected chi connectivity index (χ1v) is 15.1. The van der Waals surface area contributed by atoms with Gasteiger partial charge in [0.1, 0.15) is 16.9 Å². The molecule has 0 radical (unpaired) electrons. The van der Waals surface area contributed by atoms with Gasteiger partial charge in [0.15, 0.2) is 11.5 Å². The molecule has 5 N–H and O–H groups in total. The highest BCUT2D eigenvalue weighted by Gasteiger charge is 2.42. The van der Waals surface area contributed by atoms with E-state index in [1.165, 1.54) is 0 Å². The van der Waals surface area contributed by atoms with Crippen molar-refractivity contribution in [1.82, 2.24) is 19.5 Å². The van der Waals surface area contributed by atoms with E-state index in [2.05, 4.69) is 10.3 Å². The molecule has 5 aromatic rings. The number of imidazole rings is 1. The van der Waals surface area contributed by atoms with Crippen molar-refractivity contribution < 1.29 is 19.1 Å². The number of nitrogens with zero attached hydrogens (tertiary/aromatic N) is 4. The van der Waals surface area contributed by atoms with Crippen LogP contribution in [0.15, 0.2) is 79.0 Å². The summed E-state index contributed by atoms with van der Waals surface area (Å²) in [4.78, 5) is 38.8. The summed E-state index contributed by atoms with van der Waals surface area (Å²) in [6.45, 7) is 1.21. The van der Waals surface area contributed by atoms with Gasteiger partial charge in [0.2, 0.25) is 5.91 Å². The van der Waals surface area contributed by atoms with E-state index in [0.29, 0.717) is 47.3 Å². The fraction of sp³-hybridized carbons (Fsp3) is 0.265. The lowest BCUT2D eigenvalue weighted by Gasteiger charge is -2.40. The Morgan fingerprint density at radius 3 is 2.49 bits per heavy atom. The quantitative estimate of drug-likeness (QED) is 0.218. The summed E-state index contributed by atoms with van der Waals surface area (Å²) in [6.07, 6.45) is 4.70. The fourth-order valence-electron chi connectivity index (χ4n) is 6.16. The zero-order chi connectivity index (χ0) is 31.0. The summed E-state index contributed by atoms with van der Waals surface area (Å²) >= 11 is 0. The predicted molar refractivity (Wildman–Crippen MR) is 170 cm³/mol. The van der Waals surface area contributed by atoms with Crippen molar-refractivity contribution in [3.05, 3.63) is 84.6 Å². The van der Waals surface area contributed by atoms with Crippen molar-refractivity contribution in [2.45, 2.75) is 37.7 Å². The van der Waals surface area contributed by atoms with E-state index in [4.69, 9.17) is 30.9 Å². The van der Waals surface area contributed by atoms with Crippen molar-refractivity contribution in [2.75, 3.05) is 24.3 Å². The van der Waals surface area contributed by atoms with Crippen LogP contribution in [-0.4, -0.2) is 44.7 Å². The number of carbonyl (C=O) groups is 2. The molecule has 3 aromatic heterocycles. The van der Waals surface area contributed by atoms with Crippen molar-refractivity contribution in [3.8, 4) is 28.3 Å². The molecule has 11 heteroatoms. The first-order chi connectivity index (χ1) is 21.9. The lowest BCUT2D eigenvalue weighted by Crippen LogP contribution is -2.40. The molecule has 0 atom stereocenters. The minimum absolute atomic E-state index is 0.00370. The molecular formula is C34H33N7O4. The maximum Gasteiger partial charge on any atom is 0.405 e. The number of carbonyl (C=O) groups excluding carboxylic acids is 2. The zero-order valence-electron chi connectivity index (χ0n) is 24.6. The minimum Gasteiger partial charge on any atom is -0.438 e. The van der Waals surface area contributed by atoms with E-state index in [9.17, 15) is 9.59 Å². The Balaban J connectivity index is 1.28. The Labute approximate surface area is 259 Å². The third kappa shape index (κ3) is 5.46. The van der Waals surface area contributed by atoms with Crippen LogP contribution >= 0.6 is 0 Å². The Hall–Kier alpha value is -5.29. The highest BCUT2D eigenvalue weighted by atomic mass is 16.6. The van der Waals surface area contributed by atoms with Gasteiger partial charge in [-0.25, -0.2) is 19.7 Å². The van der Waals surface area contributed by atoms with Gasteiger partial charge in [-0.1, -0.05) is 24.3 Å². The monoisotopic (exact) mass is 603 g/mol. The average Bonchev–Trinajstić information content (AvgIpc) is 3.42. The summed E-state index contributed by atoms with van der Waals surface area (Å²) in [5.41, 5.74) is 17.0. The molecule has 2 aliphatic rings. The molecule has 1 aliphatic carbocycles. The molecule has 0 unspecified atom stereocenters. The molecule has 2 aromatic carbocycles. The van der Waals surface area contributed by atoms with Crippen molar-refractivity contribution >= 4 is 34.7 Å². The van der Waals surface area contributed by atoms with E-state index >= 15 is 0 Å². The summed E-state index contributed by atoms with van der Waals surface area (Å²) in [5.74, 6) is 0.890. The standard InChI is InChI=1S/C34H33N7O4/c35-29-26(6-2-17-37-29)30-40-28-12-11-27(22-4-1-5-24(20-22)38-32(42)21-13-18-44-19-14-21)39-31(28)41(30)25-9-7-23(8-10-25)34(15-3-16-34)45-33(36)43/h1-2,4-12,17,20-21H,3,13-16,18-19H2,(H2,35,37)(H2,36,43)(H,38,42). The topological polar surface area (TPSA) is 160 Å². The van der Waals surface area contributed by atoms with E-state index in [1.54, 1.807) is 6.20 Å². The second-order valence-corrected chi connectivity index (χ2v) is 11.5. The molecule has 1 saturated heterocycles. The molecule has 0 spiro atoms. The number of aromatic nitrogens is 4. The summed E-state index contributed by atoms with van der Waals surface area (Å²) < 4.78 is 12.9. The smallest absolute Gasteiger partial charge is 0.405 e. The molecule has 2 amide bonds. The first kappa shape index (κ1) is 28.5. The Bertz CT molecular complexity index is 1890. The number of nitrogens with two attached hydrogens (primary N) is 2. The van der Waals surface area contributed by atoms with Crippen molar-refractivity contribution in [3.63, 3.8) is 0 Å². The molecular weight excluding hydrogens is 570 g/mol. The SMILES string of the molecule is NC(=O)OC1(c2ccc(-n3c(-c4cccnc4N)nc4ccc(-c5cccc(NC(=O)C6CCOCC6)c5)nc43)cc2)CCC1. The number of nitrogens with one attached hydrogen (secondary N) is 1. The van der Waals surface area contributed by atoms with Gasteiger partial charge in [-0.05, 0) is 86.2 Å². The number of ether oxygens (including phenoxy) is 2. The molecule has 0 bridgehead atoms. The largest absolute Gasteiger partial charge is 0.438 e. The second-order valence-electron chi connectivity index (χ2n) is 11.5. The number of benzene rings is 2. The number of anilines is 2. The van der Waals surface area contributed by atoms with Crippen LogP contribution in [-0.2, 0) is 19.9 Å². The van der Waals surface area contributed by atoms with Crippen LogP contribution in [0.2, 0.25) is 0 Å². The highest BCUT2D eigenvalue weighted by molar-refractivity contribution is 5.93. The number of hydrogen-bond acceptors (Lipinski definition) is 8. The molecule has 7 rings (SSSR count). The summed E-state index contributed by atoms with van der Waals surface area (Å²) in [7, 11) is 0. The Morgan fingerprint density at radius 1 is 0.978 bits per heavy atom. The number of nitrogen functional groups attached to an aromatic ring is 1. The molecule has 228 valence electrons. The van der Waals surface area contributed by atoms with Crippen LogP contribution in [0.3, 0.4) is 0 Å². The second kappa shape index (κ2) is 11.7. The highest BCUT2D eigenvalue weighted by Crippen LogP contribution is 2.45. The maximum atomic E-state index is 12.9. The van der Waals surface area contributed by atoms with Gasteiger partial charge >= 0.3 is 6.09 Å². The predicted octanol–water partition coefficient (Wildman–Crippen LogP) is 5.57. The van der Waals surface area contributed by atoms with Crippen LogP contribution < -0.4 is 16.8 Å². The third-order valence-corrected chi connectivity index (χ3v) is 8.71. The summed E-state index contributed by atoms with van der Waals surface area (Å²) in [5, 5.41) is 3.07. The number of hydrogen-bond donors (Lipinski definition) is 3. The number of pyridine rings is 2. The van der Waals surface area contributed by atoms with E-state index in [1.807, 2.05) is 77.4 Å². The molecule has 45 heavy (non-hydrogen) atoms.